The van der Waals surface area contributed by atoms with Gasteiger partial charge in [0.1, 0.15) is 0 Å². The molecule has 1 aromatic rings. The fraction of sp³-hybridized carbons (Fsp3) is 0.538. The Labute approximate surface area is 108 Å². The fourth-order valence-corrected chi connectivity index (χ4v) is 3.70. The van der Waals surface area contributed by atoms with Crippen molar-refractivity contribution in [3.05, 3.63) is 18.2 Å². The highest BCUT2D eigenvalue weighted by molar-refractivity contribution is 7.90. The third kappa shape index (κ3) is 1.86. The molecule has 1 aliphatic carbocycles. The summed E-state index contributed by atoms with van der Waals surface area (Å²) in [5.74, 6) is 0. The quantitative estimate of drug-likeness (QED) is 0.817. The highest BCUT2D eigenvalue weighted by Gasteiger charge is 2.38. The van der Waals surface area contributed by atoms with E-state index in [1.54, 1.807) is 12.1 Å². The van der Waals surface area contributed by atoms with Gasteiger partial charge in [-0.15, -0.1) is 0 Å². The molecule has 1 heterocycles. The number of para-hydroxylation sites is 1. The van der Waals surface area contributed by atoms with Crippen LogP contribution in [0.25, 0.3) is 0 Å². The molecule has 0 saturated heterocycles. The van der Waals surface area contributed by atoms with E-state index in [4.69, 9.17) is 0 Å². The Balaban J connectivity index is 2.01. The van der Waals surface area contributed by atoms with Crippen molar-refractivity contribution in [1.82, 2.24) is 0 Å². The van der Waals surface area contributed by atoms with Crippen LogP contribution in [0.15, 0.2) is 23.1 Å². The largest absolute Gasteiger partial charge is 0.383 e. The number of rotatable bonds is 1. The number of benzene rings is 1. The average Bonchev–Trinajstić information content (AvgIpc) is 2.46. The van der Waals surface area contributed by atoms with E-state index in [1.165, 1.54) is 25.5 Å². The van der Waals surface area contributed by atoms with Crippen LogP contribution in [0.5, 0.6) is 0 Å². The molecule has 0 unspecified atom stereocenters. The molecule has 0 radical (unpaired) electrons. The number of hydrogen-bond donors (Lipinski definition) is 2. The van der Waals surface area contributed by atoms with E-state index in [2.05, 4.69) is 10.6 Å². The summed E-state index contributed by atoms with van der Waals surface area (Å²) >= 11 is 0. The lowest BCUT2D eigenvalue weighted by Crippen LogP contribution is -2.40. The topological polar surface area (TPSA) is 58.2 Å². The third-order valence-corrected chi connectivity index (χ3v) is 5.27. The maximum Gasteiger partial charge on any atom is 0.177 e. The number of hydrogen-bond acceptors (Lipinski definition) is 4. The number of nitrogens with one attached hydrogen (secondary N) is 2. The lowest BCUT2D eigenvalue weighted by atomic mass is 9.69. The summed E-state index contributed by atoms with van der Waals surface area (Å²) in [5, 5.41) is 6.75. The van der Waals surface area contributed by atoms with Gasteiger partial charge in [-0.3, -0.25) is 0 Å². The number of anilines is 2. The Morgan fingerprint density at radius 1 is 1.17 bits per heavy atom. The molecule has 1 saturated carbocycles. The van der Waals surface area contributed by atoms with Gasteiger partial charge in [0.15, 0.2) is 9.84 Å². The predicted octanol–water partition coefficient (Wildman–Crippen LogP) is 2.10. The van der Waals surface area contributed by atoms with Gasteiger partial charge < -0.3 is 10.6 Å². The van der Waals surface area contributed by atoms with Gasteiger partial charge in [-0.1, -0.05) is 12.5 Å². The second-order valence-electron chi connectivity index (χ2n) is 5.51. The molecule has 3 rings (SSSR count). The summed E-state index contributed by atoms with van der Waals surface area (Å²) in [6.45, 7) is 1.79. The zero-order chi connectivity index (χ0) is 12.8. The molecule has 1 spiro atoms. The smallest absolute Gasteiger partial charge is 0.177 e. The second-order valence-corrected chi connectivity index (χ2v) is 7.50. The minimum Gasteiger partial charge on any atom is -0.383 e. The lowest BCUT2D eigenvalue weighted by Gasteiger charge is -2.41. The van der Waals surface area contributed by atoms with E-state index < -0.39 is 9.84 Å². The first-order valence-electron chi connectivity index (χ1n) is 6.31. The second kappa shape index (κ2) is 3.88. The summed E-state index contributed by atoms with van der Waals surface area (Å²) in [5.41, 5.74) is 1.96. The average molecular weight is 266 g/mol. The normalized spacial score (nSPS) is 21.2. The monoisotopic (exact) mass is 266 g/mol. The SMILES string of the molecule is CS(=O)(=O)c1cccc2c1NCC1(CCC1)CN2. The Morgan fingerprint density at radius 2 is 1.89 bits per heavy atom. The highest BCUT2D eigenvalue weighted by atomic mass is 32.2. The first-order valence-corrected chi connectivity index (χ1v) is 8.20. The standard InChI is InChI=1S/C13H18N2O2S/c1-18(16,17)11-5-2-4-10-12(11)15-9-13(8-14-10)6-3-7-13/h2,4-5,14-15H,3,6-9H2,1H3. The van der Waals surface area contributed by atoms with E-state index in [-0.39, 0.29) is 0 Å². The van der Waals surface area contributed by atoms with Gasteiger partial charge in [-0.2, -0.15) is 0 Å². The van der Waals surface area contributed by atoms with Gasteiger partial charge in [0.05, 0.1) is 16.3 Å². The molecule has 0 amide bonds. The minimum atomic E-state index is -3.19. The highest BCUT2D eigenvalue weighted by Crippen LogP contribution is 2.44. The number of sulfone groups is 1. The lowest BCUT2D eigenvalue weighted by molar-refractivity contribution is 0.171. The molecule has 0 aromatic heterocycles. The van der Waals surface area contributed by atoms with Crippen LogP contribution in [-0.2, 0) is 9.84 Å². The van der Waals surface area contributed by atoms with Crippen molar-refractivity contribution >= 4 is 21.2 Å². The molecule has 5 heteroatoms. The van der Waals surface area contributed by atoms with Crippen LogP contribution in [0.4, 0.5) is 11.4 Å². The molecule has 0 atom stereocenters. The molecule has 0 bridgehead atoms. The van der Waals surface area contributed by atoms with Crippen molar-refractivity contribution in [1.29, 1.82) is 0 Å². The van der Waals surface area contributed by atoms with Crippen molar-refractivity contribution < 1.29 is 8.42 Å². The molecular weight excluding hydrogens is 248 g/mol. The van der Waals surface area contributed by atoms with Gasteiger partial charge in [-0.25, -0.2) is 8.42 Å². The molecular formula is C13H18N2O2S. The van der Waals surface area contributed by atoms with E-state index in [0.29, 0.717) is 10.3 Å². The van der Waals surface area contributed by atoms with Crippen molar-refractivity contribution in [2.75, 3.05) is 30.0 Å². The molecule has 1 aromatic carbocycles. The molecule has 18 heavy (non-hydrogen) atoms. The third-order valence-electron chi connectivity index (χ3n) is 4.13. The zero-order valence-corrected chi connectivity index (χ0v) is 11.3. The molecule has 98 valence electrons. The van der Waals surface area contributed by atoms with Crippen LogP contribution in [0.2, 0.25) is 0 Å². The van der Waals surface area contributed by atoms with Crippen molar-refractivity contribution in [2.24, 2.45) is 5.41 Å². The van der Waals surface area contributed by atoms with Gasteiger partial charge >= 0.3 is 0 Å². The van der Waals surface area contributed by atoms with Crippen LogP contribution < -0.4 is 10.6 Å². The Kier molecular flexibility index (Phi) is 2.55. The van der Waals surface area contributed by atoms with E-state index >= 15 is 0 Å². The molecule has 2 N–H and O–H groups in total. The van der Waals surface area contributed by atoms with E-state index in [9.17, 15) is 8.42 Å². The summed E-state index contributed by atoms with van der Waals surface area (Å²) in [6, 6.07) is 5.40. The zero-order valence-electron chi connectivity index (χ0n) is 10.5. The molecule has 4 nitrogen and oxygen atoms in total. The molecule has 2 aliphatic rings. The summed E-state index contributed by atoms with van der Waals surface area (Å²) < 4.78 is 23.6. The van der Waals surface area contributed by atoms with E-state index in [0.717, 1.165) is 24.5 Å². The maximum absolute atomic E-state index is 11.8. The maximum atomic E-state index is 11.8. The summed E-state index contributed by atoms with van der Waals surface area (Å²) in [4.78, 5) is 0.392. The van der Waals surface area contributed by atoms with E-state index in [1.807, 2.05) is 6.07 Å². The Morgan fingerprint density at radius 3 is 2.50 bits per heavy atom. The minimum absolute atomic E-state index is 0.313. The van der Waals surface area contributed by atoms with Crippen LogP contribution in [0, 0.1) is 5.41 Å². The predicted molar refractivity (Wildman–Crippen MR) is 72.8 cm³/mol. The summed E-state index contributed by atoms with van der Waals surface area (Å²) in [7, 11) is -3.19. The Bertz CT molecular complexity index is 577. The molecule has 1 fully saturated rings. The first kappa shape index (κ1) is 11.8. The van der Waals surface area contributed by atoms with Crippen LogP contribution in [0.3, 0.4) is 0 Å². The van der Waals surface area contributed by atoms with Gasteiger partial charge in [0, 0.05) is 24.8 Å². The Hall–Kier alpha value is -1.23. The number of fused-ring (bicyclic) bond motifs is 1. The van der Waals surface area contributed by atoms with Crippen molar-refractivity contribution in [2.45, 2.75) is 24.2 Å². The van der Waals surface area contributed by atoms with Gasteiger partial charge in [0.25, 0.3) is 0 Å². The van der Waals surface area contributed by atoms with Gasteiger partial charge in [0.2, 0.25) is 0 Å². The summed E-state index contributed by atoms with van der Waals surface area (Å²) in [6.07, 6.45) is 4.97. The van der Waals surface area contributed by atoms with Gasteiger partial charge in [-0.05, 0) is 25.0 Å². The first-order chi connectivity index (χ1) is 8.50. The van der Waals surface area contributed by atoms with Crippen LogP contribution in [0.1, 0.15) is 19.3 Å². The van der Waals surface area contributed by atoms with Crippen molar-refractivity contribution in [3.8, 4) is 0 Å². The fourth-order valence-electron chi connectivity index (χ4n) is 2.82. The van der Waals surface area contributed by atoms with Crippen molar-refractivity contribution in [3.63, 3.8) is 0 Å². The molecule has 1 aliphatic heterocycles. The van der Waals surface area contributed by atoms with Crippen LogP contribution in [-0.4, -0.2) is 27.8 Å². The van der Waals surface area contributed by atoms with Crippen LogP contribution >= 0.6 is 0 Å².